The number of nitrogens with two attached hydrogens (primary N) is 2. The van der Waals surface area contributed by atoms with Crippen LogP contribution in [0, 0.1) is 17.8 Å². The molecule has 3 saturated heterocycles. The number of rotatable bonds is 26. The molecule has 0 bridgehead atoms. The molecule has 3 aliphatic rings. The summed E-state index contributed by atoms with van der Waals surface area (Å²) in [5.41, 5.74) is 14.0. The average Bonchev–Trinajstić information content (AvgIpc) is 1.62. The summed E-state index contributed by atoms with van der Waals surface area (Å²) in [5, 5.41) is 72.8. The second-order valence-electron chi connectivity index (χ2n) is 35.1. The van der Waals surface area contributed by atoms with Crippen molar-refractivity contribution in [1.29, 1.82) is 0 Å². The number of unbranched alkanes of at least 4 members (excludes halogenated alkanes) is 2. The molecule has 18 N–H and O–H groups in total. The standard InChI is InChI=1S/C93H124N18O24S/c1-8-10-20-71-86(128)101-64(29-31-81(121)122)76(116)38-57(83(125)98-44-79(95)119)48-136-49-80(120)100-67(33-52-24-27-59(113)28-25-52)91(133)107(5)51(3)75(115)37-54(39-82(123)124)90(132)110-32-16-23-72(110)87(129)102-65(40-58-43-96-50-99-58)77(117)36-53(26-30-78(94)118)89(131)111-46-60(114)41-74(111)88(130)103-66(34-55-42-97-63-19-14-12-17-61(55)63)84(126)105-69(47-112)85(127)104-68(35-56-45-106(4)70-22-15-13-18-62(56)70)92(134)109(7)73(21-11-9-2)93(135)108(71)6/h12-15,17-19,22,24-25,27-28,42-43,45,50-51,53-54,57,60,64-69,71-74,97,112-114H,8-11,16,20-21,23,26,29-41,44,46-49H2,1-7H3,(H2,94,118)(H2,95,119)(H,96,99)(H,98,125)(H,100,120)(H,101,128)(H,102,129)(H,103,130)(H,104,127)(H,105,126)(H,121,122)(H,123,124)/t51-,53+,54-,57-,60+,64-,65-,66-,67-,68-,69-,71-,72-,73-,74-/m0/s1. The van der Waals surface area contributed by atoms with Crippen molar-refractivity contribution in [2.24, 2.45) is 36.3 Å². The number of para-hydroxylation sites is 2. The topological polar surface area (TPSA) is 627 Å². The minimum absolute atomic E-state index is 0.0486. The van der Waals surface area contributed by atoms with Crippen molar-refractivity contribution in [2.75, 3.05) is 58.9 Å². The number of hydrogen-bond acceptors (Lipinski definition) is 24. The van der Waals surface area contributed by atoms with Gasteiger partial charge in [0, 0.05) is 163 Å². The lowest BCUT2D eigenvalue weighted by Gasteiger charge is -2.36. The number of primary amides is 2. The quantitative estimate of drug-likeness (QED) is 0.0334. The van der Waals surface area contributed by atoms with Crippen LogP contribution in [-0.2, 0) is 124 Å². The van der Waals surface area contributed by atoms with Gasteiger partial charge in [-0.25, -0.2) is 4.98 Å². The lowest BCUT2D eigenvalue weighted by molar-refractivity contribution is -0.149. The highest BCUT2D eigenvalue weighted by Crippen LogP contribution is 2.31. The SMILES string of the molecule is CCCC[C@H]1C(=O)N(C)[C@@H](CCCC)C(=O)N[C@@H](CCC(=O)O)C(=O)C[C@H](C(=O)NCC(N)=O)CSCC(=O)N[C@@H](Cc2ccc(O)cc2)C(=O)N(C)[C@@H](C)C(=O)C[C@@H](CC(=O)O)C(=O)N2CCC[C@H]2C(=O)N[C@@H](Cc2cnc[nH]2)C(=O)C[C@@H](CCC(N)=O)C(=O)N2C[C@H](O)C[C@H]2C(=O)N[C@@H](Cc2c[nH]c3ccccc23)C(=O)N[C@@H](CO)C(=O)N[C@@H](Cc2cn(C)c3ccccc23)C(=O)N1C. The van der Waals surface area contributed by atoms with Crippen molar-refractivity contribution in [1.82, 2.24) is 81.2 Å². The molecule has 42 nitrogen and oxygen atoms in total. The molecule has 0 aliphatic carbocycles. The van der Waals surface area contributed by atoms with Crippen molar-refractivity contribution in [3.8, 4) is 5.75 Å². The molecule has 0 spiro atoms. The van der Waals surface area contributed by atoms with Crippen LogP contribution in [0.25, 0.3) is 21.8 Å². The van der Waals surface area contributed by atoms with Crippen molar-refractivity contribution in [2.45, 2.75) is 228 Å². The predicted octanol–water partition coefficient (Wildman–Crippen LogP) is -0.226. The number of aromatic nitrogens is 4. The van der Waals surface area contributed by atoms with Gasteiger partial charge in [-0.3, -0.25) is 91.1 Å². The maximum absolute atomic E-state index is 15.8. The minimum Gasteiger partial charge on any atom is -0.508 e. The van der Waals surface area contributed by atoms with E-state index in [1.54, 1.807) is 73.4 Å². The number of aliphatic carboxylic acids is 2. The number of imidazole rings is 1. The van der Waals surface area contributed by atoms with Gasteiger partial charge in [-0.05, 0) is 86.4 Å². The van der Waals surface area contributed by atoms with Crippen LogP contribution in [0.2, 0.25) is 0 Å². The van der Waals surface area contributed by atoms with E-state index >= 15 is 38.4 Å². The van der Waals surface area contributed by atoms with Gasteiger partial charge in [0.1, 0.15) is 54.1 Å². The van der Waals surface area contributed by atoms with E-state index in [-0.39, 0.29) is 75.8 Å². The number of nitrogens with one attached hydrogen (secondary N) is 9. The Bertz CT molecular complexity index is 5340. The van der Waals surface area contributed by atoms with Crippen molar-refractivity contribution >= 4 is 146 Å². The average molecular weight is 1910 g/mol. The molecular formula is C93H124N18O24S. The first-order chi connectivity index (χ1) is 64.7. The van der Waals surface area contributed by atoms with E-state index < -0.39 is 291 Å². The summed E-state index contributed by atoms with van der Waals surface area (Å²) in [4.78, 5) is 290. The van der Waals surface area contributed by atoms with E-state index in [9.17, 15) is 78.3 Å². The number of carboxylic acid groups (broad SMARTS) is 2. The summed E-state index contributed by atoms with van der Waals surface area (Å²) in [6.45, 7) is 2.32. The molecule has 3 aromatic carbocycles. The van der Waals surface area contributed by atoms with Gasteiger partial charge in [0.2, 0.25) is 82.7 Å². The van der Waals surface area contributed by atoms with Gasteiger partial charge in [-0.15, -0.1) is 0 Å². The second-order valence-corrected chi connectivity index (χ2v) is 36.1. The number of H-pyrrole nitrogens is 2. The Morgan fingerprint density at radius 3 is 1.82 bits per heavy atom. The molecule has 14 amide bonds. The van der Waals surface area contributed by atoms with Crippen molar-refractivity contribution in [3.63, 3.8) is 0 Å². The predicted molar refractivity (Wildman–Crippen MR) is 493 cm³/mol. The minimum atomic E-state index is -1.94. The number of Topliss-reactive ketones (excluding diaryl/α,β-unsaturated/α-hetero) is 3. The number of carbonyl (C=O) groups is 19. The monoisotopic (exact) mass is 1910 g/mol. The number of aliphatic hydroxyl groups excluding tert-OH is 2. The smallest absolute Gasteiger partial charge is 0.304 e. The van der Waals surface area contributed by atoms with Crippen LogP contribution in [0.15, 0.2) is 97.7 Å². The summed E-state index contributed by atoms with van der Waals surface area (Å²) >= 11 is 0.761. The number of benzene rings is 3. The molecule has 3 fully saturated rings. The number of carboxylic acids is 2. The fourth-order valence-corrected chi connectivity index (χ4v) is 18.4. The van der Waals surface area contributed by atoms with Crippen LogP contribution >= 0.6 is 11.8 Å². The number of aromatic hydroxyl groups is 1. The Morgan fingerprint density at radius 2 is 1.15 bits per heavy atom. The van der Waals surface area contributed by atoms with Gasteiger partial charge < -0.3 is 113 Å². The van der Waals surface area contributed by atoms with Crippen molar-refractivity contribution in [3.05, 3.63) is 120 Å². The fourth-order valence-electron chi connectivity index (χ4n) is 17.4. The number of carbonyl (C=O) groups excluding carboxylic acids is 17. The molecule has 136 heavy (non-hydrogen) atoms. The lowest BCUT2D eigenvalue weighted by Crippen LogP contribution is -2.61. The van der Waals surface area contributed by atoms with Crippen LogP contribution in [0.1, 0.15) is 152 Å². The third-order valence-electron chi connectivity index (χ3n) is 25.2. The number of aryl methyl sites for hydroxylation is 1. The first-order valence-electron chi connectivity index (χ1n) is 45.5. The molecule has 3 aliphatic heterocycles. The number of aliphatic hydroxyl groups is 2. The number of phenolic OH excluding ortho intramolecular Hbond substituents is 1. The van der Waals surface area contributed by atoms with E-state index in [2.05, 4.69) is 52.2 Å². The molecule has 0 saturated carbocycles. The maximum Gasteiger partial charge on any atom is 0.304 e. The molecular weight excluding hydrogens is 1790 g/mol. The van der Waals surface area contributed by atoms with Crippen LogP contribution in [0.4, 0.5) is 0 Å². The zero-order valence-corrected chi connectivity index (χ0v) is 78.0. The first-order valence-corrected chi connectivity index (χ1v) is 46.6. The number of phenols is 1. The van der Waals surface area contributed by atoms with E-state index in [1.807, 2.05) is 13.0 Å². The third-order valence-corrected chi connectivity index (χ3v) is 26.3. The summed E-state index contributed by atoms with van der Waals surface area (Å²) < 4.78 is 1.78. The molecule has 0 unspecified atom stereocenters. The Morgan fingerprint density at radius 1 is 0.559 bits per heavy atom. The highest BCUT2D eigenvalue weighted by molar-refractivity contribution is 7.99. The molecule has 9 rings (SSSR count). The van der Waals surface area contributed by atoms with Gasteiger partial charge in [0.05, 0.1) is 67.7 Å². The largest absolute Gasteiger partial charge is 0.508 e. The lowest BCUT2D eigenvalue weighted by atomic mass is 9.90. The third kappa shape index (κ3) is 29.0. The summed E-state index contributed by atoms with van der Waals surface area (Å²) in [7, 11) is 5.57. The summed E-state index contributed by atoms with van der Waals surface area (Å²) in [6, 6.07) is 2.02. The zero-order chi connectivity index (χ0) is 99.5. The highest BCUT2D eigenvalue weighted by atomic mass is 32.2. The van der Waals surface area contributed by atoms with Crippen LogP contribution in [0.5, 0.6) is 5.75 Å². The number of amides is 14. The number of thioether (sulfide) groups is 1. The van der Waals surface area contributed by atoms with Crippen molar-refractivity contribution < 1.29 is 117 Å². The molecule has 0 radical (unpaired) electrons. The second kappa shape index (κ2) is 50.2. The van der Waals surface area contributed by atoms with E-state index in [4.69, 9.17) is 11.5 Å². The maximum atomic E-state index is 15.8. The summed E-state index contributed by atoms with van der Waals surface area (Å²) in [6.07, 6.45) is -1.42. The summed E-state index contributed by atoms with van der Waals surface area (Å²) in [5.74, 6) is -24.8. The number of hydrogen-bond donors (Lipinski definition) is 16. The normalized spacial score (nSPS) is 24.8. The number of fused-ring (bicyclic) bond motifs is 4. The molecule has 15 atom stereocenters. The highest BCUT2D eigenvalue weighted by Gasteiger charge is 2.47. The van der Waals surface area contributed by atoms with Gasteiger partial charge in [0.25, 0.3) is 0 Å². The Labute approximate surface area is 788 Å². The number of likely N-dealkylation sites (N-methyl/N-ethyl adjacent to an activating group) is 3. The van der Waals surface area contributed by atoms with Gasteiger partial charge in [-0.2, -0.15) is 11.8 Å². The van der Waals surface area contributed by atoms with Crippen LogP contribution < -0.4 is 48.7 Å². The Hall–Kier alpha value is -13.5. The Balaban J connectivity index is 1.11. The number of ketones is 3. The Kier molecular flexibility index (Phi) is 39.2. The molecule has 6 heterocycles. The first kappa shape index (κ1) is 106. The van der Waals surface area contributed by atoms with Gasteiger partial charge in [-0.1, -0.05) is 88.1 Å². The van der Waals surface area contributed by atoms with E-state index in [1.165, 1.54) is 64.9 Å². The fraction of sp³-hybridized carbons (Fsp3) is 0.527. The molecule has 43 heteroatoms. The van der Waals surface area contributed by atoms with Gasteiger partial charge >= 0.3 is 11.9 Å². The van der Waals surface area contributed by atoms with E-state index in [0.717, 1.165) is 36.3 Å². The number of aromatic amines is 2. The number of nitrogens with zero attached hydrogens (tertiary/aromatic N) is 7. The van der Waals surface area contributed by atoms with Crippen LogP contribution in [0.3, 0.4) is 0 Å². The van der Waals surface area contributed by atoms with E-state index in [0.29, 0.717) is 57.8 Å². The molecule has 3 aromatic heterocycles. The van der Waals surface area contributed by atoms with Gasteiger partial charge in [0.15, 0.2) is 17.3 Å². The molecule has 736 valence electrons. The molecule has 6 aromatic rings. The zero-order valence-electron chi connectivity index (χ0n) is 77.2. The van der Waals surface area contributed by atoms with Crippen LogP contribution in [-0.4, -0.2) is 313 Å².